The van der Waals surface area contributed by atoms with Gasteiger partial charge in [0.2, 0.25) is 11.8 Å². The number of carboxylic acid groups (broad SMARTS) is 1. The molecule has 10 nitrogen and oxygen atoms in total. The minimum absolute atomic E-state index is 0.303. The summed E-state index contributed by atoms with van der Waals surface area (Å²) in [5.74, 6) is 2.69. The summed E-state index contributed by atoms with van der Waals surface area (Å²) >= 11 is 12.7. The molecule has 2 aliphatic heterocycles. The van der Waals surface area contributed by atoms with E-state index in [9.17, 15) is 9.59 Å². The Morgan fingerprint density at radius 1 is 0.936 bits per heavy atom. The second kappa shape index (κ2) is 14.8. The van der Waals surface area contributed by atoms with Gasteiger partial charge >= 0.3 is 5.97 Å². The Morgan fingerprint density at radius 2 is 1.60 bits per heavy atom. The molecule has 2 saturated heterocycles. The number of fused-ring (bicyclic) bond motifs is 1. The molecule has 6 rings (SSSR count). The van der Waals surface area contributed by atoms with Crippen LogP contribution in [0.5, 0.6) is 11.6 Å². The van der Waals surface area contributed by atoms with Gasteiger partial charge in [0.15, 0.2) is 5.75 Å². The Morgan fingerprint density at radius 3 is 2.21 bits per heavy atom. The van der Waals surface area contributed by atoms with E-state index in [0.717, 1.165) is 82.7 Å². The number of ether oxygens (including phenoxy) is 1. The molecular formula is C35H42Cl2N6O4. The van der Waals surface area contributed by atoms with Crippen molar-refractivity contribution in [3.63, 3.8) is 0 Å². The Hall–Kier alpha value is -3.31. The monoisotopic (exact) mass is 680 g/mol. The molecule has 0 radical (unpaired) electrons. The van der Waals surface area contributed by atoms with Crippen molar-refractivity contribution < 1.29 is 19.4 Å². The van der Waals surface area contributed by atoms with E-state index >= 15 is 0 Å². The van der Waals surface area contributed by atoms with Crippen molar-refractivity contribution in [1.29, 1.82) is 0 Å². The molecule has 0 spiro atoms. The zero-order valence-corrected chi connectivity index (χ0v) is 28.5. The Balaban J connectivity index is 1.12. The lowest BCUT2D eigenvalue weighted by Gasteiger charge is -2.34. The number of carbonyl (C=O) groups is 2. The van der Waals surface area contributed by atoms with Crippen LogP contribution >= 0.6 is 23.2 Å². The molecule has 1 saturated carbocycles. The fourth-order valence-electron chi connectivity index (χ4n) is 7.08. The van der Waals surface area contributed by atoms with Gasteiger partial charge in [-0.15, -0.1) is 0 Å². The number of anilines is 1. The molecule has 1 N–H and O–H groups in total. The molecule has 2 unspecified atom stereocenters. The number of nitrogens with zero attached hydrogens (tertiary/aromatic N) is 6. The number of pyridine rings is 1. The van der Waals surface area contributed by atoms with Crippen molar-refractivity contribution in [3.8, 4) is 22.9 Å². The number of hydrogen-bond donors (Lipinski definition) is 1. The van der Waals surface area contributed by atoms with E-state index in [0.29, 0.717) is 63.3 Å². The van der Waals surface area contributed by atoms with Gasteiger partial charge in [-0.25, -0.2) is 15.0 Å². The lowest BCUT2D eigenvalue weighted by Crippen LogP contribution is -2.47. The normalized spacial score (nSPS) is 22.3. The lowest BCUT2D eigenvalue weighted by atomic mass is 10.1. The summed E-state index contributed by atoms with van der Waals surface area (Å²) in [6.07, 6.45) is 6.95. The predicted molar refractivity (Wildman–Crippen MR) is 182 cm³/mol. The minimum Gasteiger partial charge on any atom is -0.481 e. The molecule has 0 bridgehead atoms. The number of rotatable bonds is 12. The van der Waals surface area contributed by atoms with Crippen LogP contribution in [0, 0.1) is 23.7 Å². The number of aliphatic carboxylic acids is 1. The van der Waals surface area contributed by atoms with E-state index in [1.807, 2.05) is 18.2 Å². The Bertz CT molecular complexity index is 1550. The predicted octanol–water partition coefficient (Wildman–Crippen LogP) is 6.31. The van der Waals surface area contributed by atoms with Crippen molar-refractivity contribution >= 4 is 40.9 Å². The minimum atomic E-state index is -0.749. The van der Waals surface area contributed by atoms with Crippen molar-refractivity contribution in [1.82, 2.24) is 24.8 Å². The van der Waals surface area contributed by atoms with Gasteiger partial charge < -0.3 is 19.5 Å². The van der Waals surface area contributed by atoms with Crippen LogP contribution < -0.4 is 9.64 Å². The molecule has 1 aliphatic carbocycles. The summed E-state index contributed by atoms with van der Waals surface area (Å²) in [5.41, 5.74) is 2.60. The maximum absolute atomic E-state index is 11.7. The second-order valence-electron chi connectivity index (χ2n) is 13.3. The van der Waals surface area contributed by atoms with Gasteiger partial charge in [0.1, 0.15) is 5.78 Å². The third kappa shape index (κ3) is 8.79. The third-order valence-corrected chi connectivity index (χ3v) is 10.2. The largest absolute Gasteiger partial charge is 0.481 e. The first kappa shape index (κ1) is 33.6. The van der Waals surface area contributed by atoms with Crippen molar-refractivity contribution in [2.24, 2.45) is 23.7 Å². The summed E-state index contributed by atoms with van der Waals surface area (Å²) in [5, 5.41) is 10.2. The van der Waals surface area contributed by atoms with Gasteiger partial charge in [0.25, 0.3) is 0 Å². The van der Waals surface area contributed by atoms with E-state index < -0.39 is 5.97 Å². The van der Waals surface area contributed by atoms with Crippen LogP contribution in [0.3, 0.4) is 0 Å². The zero-order chi connectivity index (χ0) is 33.1. The highest BCUT2D eigenvalue weighted by Gasteiger charge is 2.50. The first-order valence-electron chi connectivity index (χ1n) is 16.5. The van der Waals surface area contributed by atoms with Gasteiger partial charge in [-0.3, -0.25) is 14.6 Å². The molecule has 4 heterocycles. The first-order chi connectivity index (χ1) is 22.6. The molecular weight excluding hydrogens is 639 g/mol. The maximum atomic E-state index is 11.7. The summed E-state index contributed by atoms with van der Waals surface area (Å²) in [4.78, 5) is 43.7. The van der Waals surface area contributed by atoms with E-state index in [1.165, 1.54) is 0 Å². The highest BCUT2D eigenvalue weighted by Crippen LogP contribution is 2.54. The van der Waals surface area contributed by atoms with Gasteiger partial charge in [-0.05, 0) is 93.4 Å². The molecule has 4 atom stereocenters. The quantitative estimate of drug-likeness (QED) is 0.234. The number of likely N-dealkylation sites (tertiary alicyclic amines) is 1. The third-order valence-electron chi connectivity index (χ3n) is 9.81. The zero-order valence-electron chi connectivity index (χ0n) is 26.9. The number of halogens is 2. The van der Waals surface area contributed by atoms with Crippen molar-refractivity contribution in [2.75, 3.05) is 50.7 Å². The number of piperazine rings is 1. The van der Waals surface area contributed by atoms with Gasteiger partial charge in [-0.1, -0.05) is 30.1 Å². The fraction of sp³-hybridized carbons (Fsp3) is 0.514. The first-order valence-corrected chi connectivity index (χ1v) is 17.3. The topological polar surface area (TPSA) is 112 Å². The van der Waals surface area contributed by atoms with Crippen molar-refractivity contribution in [2.45, 2.75) is 46.1 Å². The number of carboxylic acids is 1. The fourth-order valence-corrected chi connectivity index (χ4v) is 7.60. The smallest absolute Gasteiger partial charge is 0.306 e. The van der Waals surface area contributed by atoms with Gasteiger partial charge in [0, 0.05) is 60.8 Å². The standard InChI is InChI=1S/C35H42Cl2N6O4/c1-22(34(45)46)3-6-41-9-11-43(12-10-41)35-38-19-28(20-39-35)47-33-15-24(14-32(40-33)25-16-26(36)18-27(37)17-25)21-42-7-4-29-30(5-8-42)31(29)13-23(2)44/h14-20,22,29-31H,3-13,21H2,1-2H3,(H,45,46)/t22?,29-,30+,31?. The van der Waals surface area contributed by atoms with Gasteiger partial charge in [-0.2, -0.15) is 0 Å². The number of hydrogen-bond acceptors (Lipinski definition) is 9. The van der Waals surface area contributed by atoms with Crippen LogP contribution in [0.15, 0.2) is 42.7 Å². The van der Waals surface area contributed by atoms with Crippen LogP contribution in [0.2, 0.25) is 10.0 Å². The highest BCUT2D eigenvalue weighted by atomic mass is 35.5. The van der Waals surface area contributed by atoms with Crippen LogP contribution in [-0.2, 0) is 16.1 Å². The van der Waals surface area contributed by atoms with E-state index in [-0.39, 0.29) is 5.92 Å². The molecule has 1 aromatic carbocycles. The van der Waals surface area contributed by atoms with Gasteiger partial charge in [0.05, 0.1) is 24.0 Å². The molecule has 0 amide bonds. The Labute approximate surface area is 286 Å². The molecule has 12 heteroatoms. The SMILES string of the molecule is CC(=O)CC1[C@H]2CCN(Cc3cc(Oc4cnc(N5CCN(CCC(C)C(=O)O)CC5)nc4)nc(-c4cc(Cl)cc(Cl)c4)c3)CC[C@@H]12. The van der Waals surface area contributed by atoms with E-state index in [1.54, 1.807) is 32.3 Å². The number of aromatic nitrogens is 3. The number of carbonyl (C=O) groups excluding carboxylic acids is 1. The molecule has 250 valence electrons. The summed E-state index contributed by atoms with van der Waals surface area (Å²) in [6.45, 7) is 10.2. The molecule has 3 fully saturated rings. The summed E-state index contributed by atoms with van der Waals surface area (Å²) < 4.78 is 6.24. The van der Waals surface area contributed by atoms with Crippen LogP contribution in [0.1, 0.15) is 45.1 Å². The molecule has 47 heavy (non-hydrogen) atoms. The van der Waals surface area contributed by atoms with Crippen LogP contribution in [-0.4, -0.2) is 87.4 Å². The number of Topliss-reactive ketones (excluding diaryl/α,β-unsaturated/α-hetero) is 1. The highest BCUT2D eigenvalue weighted by molar-refractivity contribution is 6.35. The maximum Gasteiger partial charge on any atom is 0.306 e. The molecule has 3 aliphatic rings. The van der Waals surface area contributed by atoms with E-state index in [4.69, 9.17) is 38.0 Å². The van der Waals surface area contributed by atoms with E-state index in [2.05, 4.69) is 30.7 Å². The average molecular weight is 682 g/mol. The second-order valence-corrected chi connectivity index (χ2v) is 14.2. The lowest BCUT2D eigenvalue weighted by molar-refractivity contribution is -0.141. The molecule has 2 aromatic heterocycles. The number of benzene rings is 1. The summed E-state index contributed by atoms with van der Waals surface area (Å²) in [7, 11) is 0. The van der Waals surface area contributed by atoms with Crippen LogP contribution in [0.4, 0.5) is 5.95 Å². The Kier molecular flexibility index (Phi) is 10.6. The van der Waals surface area contributed by atoms with Crippen LogP contribution in [0.25, 0.3) is 11.3 Å². The average Bonchev–Trinajstić information content (AvgIpc) is 3.74. The number of ketones is 1. The molecule has 3 aromatic rings. The van der Waals surface area contributed by atoms with Crippen molar-refractivity contribution in [3.05, 3.63) is 58.3 Å². The summed E-state index contributed by atoms with van der Waals surface area (Å²) in [6, 6.07) is 9.44.